The van der Waals surface area contributed by atoms with Gasteiger partial charge in [0.1, 0.15) is 0 Å². The van der Waals surface area contributed by atoms with Crippen molar-refractivity contribution in [1.82, 2.24) is 5.32 Å². The zero-order valence-electron chi connectivity index (χ0n) is 13.5. The highest BCUT2D eigenvalue weighted by atomic mass is 14.9. The maximum Gasteiger partial charge on any atom is 0.00698 e. The van der Waals surface area contributed by atoms with Gasteiger partial charge in [-0.3, -0.25) is 0 Å². The largest absolute Gasteiger partial charge is 0.314 e. The molecule has 0 aliphatic rings. The lowest BCUT2D eigenvalue weighted by molar-refractivity contribution is 0.211. The Morgan fingerprint density at radius 2 is 1.53 bits per heavy atom. The molecular formula is C16H35N. The minimum Gasteiger partial charge on any atom is -0.314 e. The van der Waals surface area contributed by atoms with E-state index in [0.29, 0.717) is 16.9 Å². The Bertz CT molecular complexity index is 195. The maximum absolute atomic E-state index is 3.66. The monoisotopic (exact) mass is 241 g/mol. The van der Waals surface area contributed by atoms with E-state index in [0.717, 1.165) is 12.5 Å². The van der Waals surface area contributed by atoms with E-state index in [4.69, 9.17) is 0 Å². The van der Waals surface area contributed by atoms with Crippen LogP contribution in [0.5, 0.6) is 0 Å². The SMILES string of the molecule is CCNC(CCC(C)(C)C)CC(C)C(C)(C)C. The zero-order valence-corrected chi connectivity index (χ0v) is 13.5. The van der Waals surface area contributed by atoms with Crippen LogP contribution in [-0.2, 0) is 0 Å². The standard InChI is InChI=1S/C16H35N/c1-9-17-14(10-11-15(3,4)5)12-13(2)16(6,7)8/h13-14,17H,9-12H2,1-8H3. The molecule has 0 saturated heterocycles. The minimum absolute atomic E-state index is 0.426. The molecule has 0 aromatic carbocycles. The normalized spacial score (nSPS) is 16.9. The molecule has 0 bridgehead atoms. The molecule has 0 amide bonds. The van der Waals surface area contributed by atoms with Gasteiger partial charge in [-0.25, -0.2) is 0 Å². The molecule has 0 aliphatic carbocycles. The Labute approximate surface area is 110 Å². The highest BCUT2D eigenvalue weighted by Gasteiger charge is 2.24. The van der Waals surface area contributed by atoms with Crippen LogP contribution < -0.4 is 5.32 Å². The molecule has 0 saturated carbocycles. The van der Waals surface area contributed by atoms with E-state index in [2.05, 4.69) is 60.7 Å². The van der Waals surface area contributed by atoms with Crippen LogP contribution in [0.2, 0.25) is 0 Å². The smallest absolute Gasteiger partial charge is 0.00698 e. The van der Waals surface area contributed by atoms with E-state index in [1.54, 1.807) is 0 Å². The fraction of sp³-hybridized carbons (Fsp3) is 1.00. The summed E-state index contributed by atoms with van der Waals surface area (Å²) in [7, 11) is 0. The summed E-state index contributed by atoms with van der Waals surface area (Å²) in [5, 5.41) is 3.66. The molecule has 17 heavy (non-hydrogen) atoms. The van der Waals surface area contributed by atoms with Gasteiger partial charge in [0.15, 0.2) is 0 Å². The van der Waals surface area contributed by atoms with Crippen LogP contribution in [0, 0.1) is 16.7 Å². The van der Waals surface area contributed by atoms with E-state index in [1.807, 2.05) is 0 Å². The molecule has 0 spiro atoms. The van der Waals surface area contributed by atoms with Crippen molar-refractivity contribution in [2.45, 2.75) is 80.7 Å². The number of hydrogen-bond donors (Lipinski definition) is 1. The van der Waals surface area contributed by atoms with Gasteiger partial charge in [-0.05, 0) is 42.6 Å². The Hall–Kier alpha value is -0.0400. The van der Waals surface area contributed by atoms with Gasteiger partial charge in [0, 0.05) is 6.04 Å². The zero-order chi connectivity index (χ0) is 13.7. The molecule has 0 fully saturated rings. The van der Waals surface area contributed by atoms with E-state index in [9.17, 15) is 0 Å². The average Bonchev–Trinajstić information content (AvgIpc) is 2.11. The molecule has 0 rings (SSSR count). The molecule has 1 heteroatoms. The number of hydrogen-bond acceptors (Lipinski definition) is 1. The first kappa shape index (κ1) is 17.0. The van der Waals surface area contributed by atoms with E-state index in [-0.39, 0.29) is 0 Å². The van der Waals surface area contributed by atoms with Crippen molar-refractivity contribution in [1.29, 1.82) is 0 Å². The molecule has 0 heterocycles. The van der Waals surface area contributed by atoms with Crippen LogP contribution in [-0.4, -0.2) is 12.6 Å². The summed E-state index contributed by atoms with van der Waals surface area (Å²) < 4.78 is 0. The summed E-state index contributed by atoms with van der Waals surface area (Å²) in [4.78, 5) is 0. The molecule has 0 aromatic heterocycles. The number of nitrogens with one attached hydrogen (secondary N) is 1. The van der Waals surface area contributed by atoms with Gasteiger partial charge in [-0.2, -0.15) is 0 Å². The predicted octanol–water partition coefficient (Wildman–Crippen LogP) is 4.86. The summed E-state index contributed by atoms with van der Waals surface area (Å²) in [5.74, 6) is 0.770. The van der Waals surface area contributed by atoms with Gasteiger partial charge in [0.05, 0.1) is 0 Å². The minimum atomic E-state index is 0.426. The van der Waals surface area contributed by atoms with Gasteiger partial charge in [0.25, 0.3) is 0 Å². The van der Waals surface area contributed by atoms with Crippen LogP contribution in [0.15, 0.2) is 0 Å². The molecule has 2 unspecified atom stereocenters. The second-order valence-electron chi connectivity index (χ2n) is 7.86. The van der Waals surface area contributed by atoms with Crippen LogP contribution >= 0.6 is 0 Å². The van der Waals surface area contributed by atoms with Crippen molar-refractivity contribution in [3.05, 3.63) is 0 Å². The molecule has 0 aromatic rings. The summed E-state index contributed by atoms with van der Waals surface area (Å²) in [6.07, 6.45) is 3.91. The van der Waals surface area contributed by atoms with Crippen molar-refractivity contribution in [3.63, 3.8) is 0 Å². The Morgan fingerprint density at radius 1 is 1.00 bits per heavy atom. The Balaban J connectivity index is 4.24. The van der Waals surface area contributed by atoms with Crippen molar-refractivity contribution in [2.24, 2.45) is 16.7 Å². The average molecular weight is 241 g/mol. The maximum atomic E-state index is 3.66. The van der Waals surface area contributed by atoms with E-state index >= 15 is 0 Å². The van der Waals surface area contributed by atoms with Gasteiger partial charge in [-0.15, -0.1) is 0 Å². The van der Waals surface area contributed by atoms with E-state index < -0.39 is 0 Å². The van der Waals surface area contributed by atoms with Crippen molar-refractivity contribution in [2.75, 3.05) is 6.54 Å². The lowest BCUT2D eigenvalue weighted by Gasteiger charge is -2.32. The molecule has 2 atom stereocenters. The van der Waals surface area contributed by atoms with Crippen LogP contribution in [0.1, 0.15) is 74.7 Å². The second kappa shape index (κ2) is 6.78. The lowest BCUT2D eigenvalue weighted by atomic mass is 9.77. The van der Waals surface area contributed by atoms with Crippen LogP contribution in [0.4, 0.5) is 0 Å². The first-order valence-corrected chi connectivity index (χ1v) is 7.29. The summed E-state index contributed by atoms with van der Waals surface area (Å²) in [6, 6.07) is 0.688. The summed E-state index contributed by atoms with van der Waals surface area (Å²) >= 11 is 0. The van der Waals surface area contributed by atoms with Crippen molar-refractivity contribution >= 4 is 0 Å². The second-order valence-corrected chi connectivity index (χ2v) is 7.86. The van der Waals surface area contributed by atoms with E-state index in [1.165, 1.54) is 19.3 Å². The molecule has 104 valence electrons. The first-order valence-electron chi connectivity index (χ1n) is 7.29. The van der Waals surface area contributed by atoms with Gasteiger partial charge in [0.2, 0.25) is 0 Å². The summed E-state index contributed by atoms with van der Waals surface area (Å²) in [6.45, 7) is 19.8. The van der Waals surface area contributed by atoms with Gasteiger partial charge in [-0.1, -0.05) is 55.4 Å². The third-order valence-electron chi connectivity index (χ3n) is 3.85. The topological polar surface area (TPSA) is 12.0 Å². The van der Waals surface area contributed by atoms with Crippen LogP contribution in [0.25, 0.3) is 0 Å². The predicted molar refractivity (Wildman–Crippen MR) is 79.4 cm³/mol. The first-order chi connectivity index (χ1) is 7.56. The summed E-state index contributed by atoms with van der Waals surface area (Å²) in [5.41, 5.74) is 0.883. The fourth-order valence-electron chi connectivity index (χ4n) is 1.98. The Kier molecular flexibility index (Phi) is 6.76. The molecular weight excluding hydrogens is 206 g/mol. The highest BCUT2D eigenvalue weighted by Crippen LogP contribution is 2.31. The third kappa shape index (κ3) is 8.65. The molecule has 0 radical (unpaired) electrons. The molecule has 1 N–H and O–H groups in total. The molecule has 1 nitrogen and oxygen atoms in total. The quantitative estimate of drug-likeness (QED) is 0.700. The van der Waals surface area contributed by atoms with Gasteiger partial charge >= 0.3 is 0 Å². The van der Waals surface area contributed by atoms with Crippen molar-refractivity contribution < 1.29 is 0 Å². The van der Waals surface area contributed by atoms with Crippen LogP contribution in [0.3, 0.4) is 0 Å². The molecule has 0 aliphatic heterocycles. The highest BCUT2D eigenvalue weighted by molar-refractivity contribution is 4.78. The number of rotatable bonds is 6. The Morgan fingerprint density at radius 3 is 1.88 bits per heavy atom. The van der Waals surface area contributed by atoms with Gasteiger partial charge < -0.3 is 5.32 Å². The fourth-order valence-corrected chi connectivity index (χ4v) is 1.98. The lowest BCUT2D eigenvalue weighted by Crippen LogP contribution is -2.34. The van der Waals surface area contributed by atoms with Crippen molar-refractivity contribution in [3.8, 4) is 0 Å². The third-order valence-corrected chi connectivity index (χ3v) is 3.85.